The number of hydrogen-bond acceptors (Lipinski definition) is 6. The van der Waals surface area contributed by atoms with E-state index in [0.29, 0.717) is 46.6 Å². The molecule has 30 heavy (non-hydrogen) atoms. The van der Waals surface area contributed by atoms with Crippen molar-refractivity contribution in [1.82, 2.24) is 9.66 Å². The maximum absolute atomic E-state index is 12.6. The molecule has 8 heteroatoms. The number of rotatable bonds is 7. The van der Waals surface area contributed by atoms with Gasteiger partial charge in [0.05, 0.1) is 23.7 Å². The number of hydrogen-bond donors (Lipinski definition) is 1. The van der Waals surface area contributed by atoms with E-state index in [1.54, 1.807) is 49.4 Å². The molecule has 1 N–H and O–H groups in total. The van der Waals surface area contributed by atoms with Gasteiger partial charge in [-0.05, 0) is 43.2 Å². The Morgan fingerprint density at radius 2 is 2.03 bits per heavy atom. The number of benzene rings is 2. The van der Waals surface area contributed by atoms with E-state index in [2.05, 4.69) is 16.7 Å². The van der Waals surface area contributed by atoms with E-state index >= 15 is 0 Å². The molecule has 3 rings (SSSR count). The lowest BCUT2D eigenvalue weighted by Gasteiger charge is -2.14. The molecule has 0 saturated carbocycles. The summed E-state index contributed by atoms with van der Waals surface area (Å²) in [7, 11) is 0. The van der Waals surface area contributed by atoms with Gasteiger partial charge in [0.25, 0.3) is 5.56 Å². The minimum Gasteiger partial charge on any atom is -0.490 e. The number of esters is 1. The number of fused-ring (bicyclic) bond motifs is 1. The zero-order valence-electron chi connectivity index (χ0n) is 16.7. The third-order valence-electron chi connectivity index (χ3n) is 4.17. The Hall–Kier alpha value is -3.94. The number of aromatic amines is 1. The maximum Gasteiger partial charge on any atom is 0.349 e. The Morgan fingerprint density at radius 3 is 2.73 bits per heavy atom. The van der Waals surface area contributed by atoms with Gasteiger partial charge in [-0.15, -0.1) is 11.3 Å². The van der Waals surface area contributed by atoms with Crippen LogP contribution in [0, 0.1) is 0 Å². The van der Waals surface area contributed by atoms with Crippen LogP contribution >= 0.6 is 0 Å². The maximum atomic E-state index is 12.6. The summed E-state index contributed by atoms with van der Waals surface area (Å²) in [6.07, 6.45) is 3.45. The van der Waals surface area contributed by atoms with Gasteiger partial charge >= 0.3 is 11.7 Å². The van der Waals surface area contributed by atoms with E-state index in [9.17, 15) is 14.4 Å². The van der Waals surface area contributed by atoms with Crippen LogP contribution in [-0.2, 0) is 11.2 Å². The molecule has 0 saturated heterocycles. The average molecular weight is 407 g/mol. The molecule has 0 aliphatic rings. The topological polar surface area (TPSA) is 103 Å². The second-order valence-corrected chi connectivity index (χ2v) is 6.36. The highest BCUT2D eigenvalue weighted by Crippen LogP contribution is 2.33. The number of carbonyl (C=O) groups is 1. The van der Waals surface area contributed by atoms with Crippen LogP contribution in [0.3, 0.4) is 0 Å². The van der Waals surface area contributed by atoms with E-state index in [0.717, 1.165) is 4.68 Å². The smallest absolute Gasteiger partial charge is 0.349 e. The average Bonchev–Trinajstić information content (AvgIpc) is 2.70. The third-order valence-corrected chi connectivity index (χ3v) is 4.17. The molecular formula is C22H21N3O5. The molecule has 0 unspecified atom stereocenters. The Bertz CT molecular complexity index is 1250. The summed E-state index contributed by atoms with van der Waals surface area (Å²) < 4.78 is 11.7. The fourth-order valence-corrected chi connectivity index (χ4v) is 2.97. The molecule has 3 aromatic rings. The van der Waals surface area contributed by atoms with E-state index in [4.69, 9.17) is 9.47 Å². The lowest BCUT2D eigenvalue weighted by Crippen LogP contribution is -2.32. The summed E-state index contributed by atoms with van der Waals surface area (Å²) >= 11 is 0. The minimum absolute atomic E-state index is 0.308. The molecule has 154 valence electrons. The molecule has 0 radical (unpaired) electrons. The number of nitrogens with one attached hydrogen (secondary N) is 1. The molecule has 0 amide bonds. The molecule has 0 aliphatic heterocycles. The highest BCUT2D eigenvalue weighted by atomic mass is 16.6. The van der Waals surface area contributed by atoms with Crippen molar-refractivity contribution in [3.8, 4) is 11.5 Å². The standard InChI is InChI=1S/C22H21N3O5/c1-4-8-16-11-15(12-19(29-5-2)20(16)30-14(3)26)13-23-25-21(27)17-9-6-7-10-18(17)24-22(25)28/h4,6-7,9-13H,1,5,8H2,2-3H3,(H,24,28). The van der Waals surface area contributed by atoms with E-state index < -0.39 is 17.2 Å². The lowest BCUT2D eigenvalue weighted by atomic mass is 10.1. The quantitative estimate of drug-likeness (QED) is 0.281. The summed E-state index contributed by atoms with van der Waals surface area (Å²) in [5.74, 6) is 0.187. The van der Waals surface area contributed by atoms with Crippen molar-refractivity contribution in [1.29, 1.82) is 0 Å². The molecule has 1 aromatic heterocycles. The van der Waals surface area contributed by atoms with Crippen LogP contribution in [0.1, 0.15) is 25.0 Å². The van der Waals surface area contributed by atoms with Crippen molar-refractivity contribution in [3.63, 3.8) is 0 Å². The lowest BCUT2D eigenvalue weighted by molar-refractivity contribution is -0.132. The second-order valence-electron chi connectivity index (χ2n) is 6.36. The van der Waals surface area contributed by atoms with Gasteiger partial charge in [0.2, 0.25) is 0 Å². The fourth-order valence-electron chi connectivity index (χ4n) is 2.97. The first kappa shape index (κ1) is 20.8. The summed E-state index contributed by atoms with van der Waals surface area (Å²) in [6, 6.07) is 10.1. The van der Waals surface area contributed by atoms with E-state index in [1.165, 1.54) is 13.1 Å². The highest BCUT2D eigenvalue weighted by molar-refractivity contribution is 5.83. The monoisotopic (exact) mass is 407 g/mol. The predicted molar refractivity (Wildman–Crippen MR) is 115 cm³/mol. The van der Waals surface area contributed by atoms with Crippen molar-refractivity contribution in [2.75, 3.05) is 6.61 Å². The summed E-state index contributed by atoms with van der Waals surface area (Å²) in [4.78, 5) is 39.0. The number of para-hydroxylation sites is 1. The van der Waals surface area contributed by atoms with Crippen LogP contribution in [0.4, 0.5) is 0 Å². The fraction of sp³-hybridized carbons (Fsp3) is 0.182. The Balaban J connectivity index is 2.10. The molecule has 0 fully saturated rings. The highest BCUT2D eigenvalue weighted by Gasteiger charge is 2.15. The number of H-pyrrole nitrogens is 1. The molecular weight excluding hydrogens is 386 g/mol. The molecule has 0 bridgehead atoms. The van der Waals surface area contributed by atoms with Crippen molar-refractivity contribution >= 4 is 23.1 Å². The van der Waals surface area contributed by atoms with E-state index in [1.807, 2.05) is 0 Å². The van der Waals surface area contributed by atoms with E-state index in [-0.39, 0.29) is 0 Å². The molecule has 2 aromatic carbocycles. The summed E-state index contributed by atoms with van der Waals surface area (Å²) in [5, 5.41) is 4.41. The van der Waals surface area contributed by atoms with Gasteiger partial charge in [0.15, 0.2) is 11.5 Å². The van der Waals surface area contributed by atoms with Gasteiger partial charge in [-0.2, -0.15) is 5.10 Å². The minimum atomic E-state index is -0.650. The second kappa shape index (κ2) is 9.04. The Labute approximate surface area is 172 Å². The first-order chi connectivity index (χ1) is 14.4. The summed E-state index contributed by atoms with van der Waals surface area (Å²) in [6.45, 7) is 7.19. The predicted octanol–water partition coefficient (Wildman–Crippen LogP) is 2.62. The van der Waals surface area contributed by atoms with Crippen LogP contribution in [0.2, 0.25) is 0 Å². The molecule has 8 nitrogen and oxygen atoms in total. The normalized spacial score (nSPS) is 11.0. The van der Waals surface area contributed by atoms with Crippen LogP contribution < -0.4 is 20.7 Å². The Morgan fingerprint density at radius 1 is 1.27 bits per heavy atom. The van der Waals surface area contributed by atoms with Gasteiger partial charge in [-0.1, -0.05) is 18.2 Å². The molecule has 0 atom stereocenters. The molecule has 1 heterocycles. The third kappa shape index (κ3) is 4.38. The van der Waals surface area contributed by atoms with Gasteiger partial charge in [-0.3, -0.25) is 9.59 Å². The molecule has 0 aliphatic carbocycles. The van der Waals surface area contributed by atoms with Gasteiger partial charge < -0.3 is 14.5 Å². The van der Waals surface area contributed by atoms with Crippen LogP contribution in [0.15, 0.2) is 63.7 Å². The number of carbonyl (C=O) groups excluding carboxylic acids is 1. The molecule has 0 spiro atoms. The number of ether oxygens (including phenoxy) is 2. The van der Waals surface area contributed by atoms with Crippen LogP contribution in [0.5, 0.6) is 11.5 Å². The zero-order chi connectivity index (χ0) is 21.7. The number of nitrogens with zero attached hydrogens (tertiary/aromatic N) is 2. The number of aromatic nitrogens is 2. The van der Waals surface area contributed by atoms with Crippen LogP contribution in [-0.4, -0.2) is 28.5 Å². The first-order valence-corrected chi connectivity index (χ1v) is 9.32. The largest absolute Gasteiger partial charge is 0.490 e. The number of allylic oxidation sites excluding steroid dienone is 1. The SMILES string of the molecule is C=CCc1cc(C=Nn2c(=O)[nH]c3ccccc3c2=O)cc(OCC)c1OC(C)=O. The van der Waals surface area contributed by atoms with Gasteiger partial charge in [0.1, 0.15) is 0 Å². The summed E-state index contributed by atoms with van der Waals surface area (Å²) in [5.41, 5.74) is 0.482. The first-order valence-electron chi connectivity index (χ1n) is 9.32. The van der Waals surface area contributed by atoms with Crippen LogP contribution in [0.25, 0.3) is 10.9 Å². The Kier molecular flexibility index (Phi) is 6.26. The van der Waals surface area contributed by atoms with Gasteiger partial charge in [0, 0.05) is 12.5 Å². The van der Waals surface area contributed by atoms with Crippen molar-refractivity contribution in [2.24, 2.45) is 5.10 Å². The van der Waals surface area contributed by atoms with Gasteiger partial charge in [-0.25, -0.2) is 4.79 Å². The zero-order valence-corrected chi connectivity index (χ0v) is 16.7. The van der Waals surface area contributed by atoms with Crippen molar-refractivity contribution < 1.29 is 14.3 Å². The van der Waals surface area contributed by atoms with Crippen molar-refractivity contribution in [2.45, 2.75) is 20.3 Å². The van der Waals surface area contributed by atoms with Crippen molar-refractivity contribution in [3.05, 3.63) is 81.0 Å².